The van der Waals surface area contributed by atoms with Gasteiger partial charge in [-0.25, -0.2) is 4.98 Å². The number of nitrogens with zero attached hydrogens (tertiary/aromatic N) is 3. The first-order valence-corrected chi connectivity index (χ1v) is 8.03. The smallest absolute Gasteiger partial charge is 0.196 e. The Morgan fingerprint density at radius 1 is 1.45 bits per heavy atom. The summed E-state index contributed by atoms with van der Waals surface area (Å²) in [5.74, 6) is 0.830. The van der Waals surface area contributed by atoms with E-state index in [0.717, 1.165) is 17.1 Å². The summed E-state index contributed by atoms with van der Waals surface area (Å²) in [4.78, 5) is 19.1. The molecule has 0 radical (unpaired) electrons. The van der Waals surface area contributed by atoms with E-state index in [0.29, 0.717) is 17.2 Å². The van der Waals surface area contributed by atoms with Gasteiger partial charge in [0.1, 0.15) is 5.69 Å². The van der Waals surface area contributed by atoms with Crippen molar-refractivity contribution in [2.45, 2.75) is 45.6 Å². The molecule has 108 valence electrons. The maximum atomic E-state index is 11.4. The van der Waals surface area contributed by atoms with E-state index in [9.17, 15) is 4.79 Å². The molecule has 0 bridgehead atoms. The summed E-state index contributed by atoms with van der Waals surface area (Å²) in [6, 6.07) is 0.492. The van der Waals surface area contributed by atoms with Crippen molar-refractivity contribution >= 4 is 28.4 Å². The summed E-state index contributed by atoms with van der Waals surface area (Å²) in [7, 11) is 2.07. The molecule has 1 aliphatic carbocycles. The highest BCUT2D eigenvalue weighted by Gasteiger charge is 2.30. The Morgan fingerprint density at radius 3 is 2.80 bits per heavy atom. The van der Waals surface area contributed by atoms with Crippen LogP contribution in [0.5, 0.6) is 0 Å². The van der Waals surface area contributed by atoms with Crippen molar-refractivity contribution in [3.05, 3.63) is 17.3 Å². The number of thiazole rings is 1. The molecule has 2 aromatic heterocycles. The Balaban J connectivity index is 1.87. The van der Waals surface area contributed by atoms with Crippen LogP contribution in [0.1, 0.15) is 50.0 Å². The molecule has 20 heavy (non-hydrogen) atoms. The number of aromatic nitrogens is 2. The molecule has 0 unspecified atom stereocenters. The third-order valence-corrected chi connectivity index (χ3v) is 5.34. The number of carbonyl (C=O) groups is 1. The minimum atomic E-state index is 0.458. The zero-order valence-corrected chi connectivity index (χ0v) is 13.1. The lowest BCUT2D eigenvalue weighted by atomic mass is 9.75. The summed E-state index contributed by atoms with van der Waals surface area (Å²) < 4.78 is 1.89. The maximum absolute atomic E-state index is 11.4. The van der Waals surface area contributed by atoms with Crippen LogP contribution >= 0.6 is 11.3 Å². The highest BCUT2D eigenvalue weighted by Crippen LogP contribution is 2.38. The molecule has 2 aromatic rings. The summed E-state index contributed by atoms with van der Waals surface area (Å²) >= 11 is 1.57. The molecule has 1 saturated carbocycles. The molecule has 0 atom stereocenters. The number of imidazole rings is 1. The van der Waals surface area contributed by atoms with E-state index in [1.807, 2.05) is 16.0 Å². The lowest BCUT2D eigenvalue weighted by molar-refractivity contribution is 0.111. The highest BCUT2D eigenvalue weighted by molar-refractivity contribution is 7.15. The van der Waals surface area contributed by atoms with Gasteiger partial charge in [-0.1, -0.05) is 13.8 Å². The third-order valence-electron chi connectivity index (χ3n) is 4.58. The van der Waals surface area contributed by atoms with Crippen LogP contribution in [-0.2, 0) is 0 Å². The predicted octanol–water partition coefficient (Wildman–Crippen LogP) is 3.61. The van der Waals surface area contributed by atoms with Gasteiger partial charge in [0, 0.05) is 24.7 Å². The number of rotatable bonds is 3. The first-order valence-electron chi connectivity index (χ1n) is 7.15. The van der Waals surface area contributed by atoms with Crippen molar-refractivity contribution in [2.75, 3.05) is 11.9 Å². The summed E-state index contributed by atoms with van der Waals surface area (Å²) in [5, 5.41) is 1.96. The Hall–Kier alpha value is -1.36. The van der Waals surface area contributed by atoms with Crippen LogP contribution in [0.2, 0.25) is 0 Å². The number of hydrogen-bond acceptors (Lipinski definition) is 4. The Morgan fingerprint density at radius 2 is 2.15 bits per heavy atom. The van der Waals surface area contributed by atoms with Crippen molar-refractivity contribution in [1.82, 2.24) is 9.38 Å². The molecule has 3 rings (SSSR count). The van der Waals surface area contributed by atoms with Gasteiger partial charge in [-0.3, -0.25) is 9.20 Å². The Bertz CT molecular complexity index is 618. The average Bonchev–Trinajstić information content (AvgIpc) is 2.97. The standard InChI is InChI=1S/C15H21N3OS/c1-15(2)6-4-11(5-7-15)17(3)13-12(10-19)18-8-9-20-14(18)16-13/h8-11H,4-7H2,1-3H3. The van der Waals surface area contributed by atoms with Crippen molar-refractivity contribution in [3.8, 4) is 0 Å². The van der Waals surface area contributed by atoms with Crippen LogP contribution in [0, 0.1) is 5.41 Å². The van der Waals surface area contributed by atoms with Crippen molar-refractivity contribution in [3.63, 3.8) is 0 Å². The monoisotopic (exact) mass is 291 g/mol. The van der Waals surface area contributed by atoms with Crippen LogP contribution in [0.25, 0.3) is 4.96 Å². The normalized spacial score (nSPS) is 19.4. The van der Waals surface area contributed by atoms with E-state index >= 15 is 0 Å². The number of anilines is 1. The first kappa shape index (κ1) is 13.6. The largest absolute Gasteiger partial charge is 0.355 e. The Kier molecular flexibility index (Phi) is 3.32. The minimum Gasteiger partial charge on any atom is -0.355 e. The number of aldehydes is 1. The van der Waals surface area contributed by atoms with Gasteiger partial charge in [-0.15, -0.1) is 11.3 Å². The zero-order chi connectivity index (χ0) is 14.3. The van der Waals surface area contributed by atoms with E-state index in [2.05, 4.69) is 30.8 Å². The van der Waals surface area contributed by atoms with Gasteiger partial charge < -0.3 is 4.90 Å². The second-order valence-electron chi connectivity index (χ2n) is 6.50. The van der Waals surface area contributed by atoms with Crippen molar-refractivity contribution < 1.29 is 4.79 Å². The summed E-state index contributed by atoms with van der Waals surface area (Å²) in [6.45, 7) is 4.68. The molecule has 2 heterocycles. The molecule has 0 spiro atoms. The first-order chi connectivity index (χ1) is 9.52. The molecule has 1 fully saturated rings. The fourth-order valence-electron chi connectivity index (χ4n) is 3.11. The third kappa shape index (κ3) is 2.24. The molecule has 0 saturated heterocycles. The lowest BCUT2D eigenvalue weighted by Crippen LogP contribution is -2.37. The topological polar surface area (TPSA) is 37.6 Å². The van der Waals surface area contributed by atoms with Crippen LogP contribution < -0.4 is 4.90 Å². The van der Waals surface area contributed by atoms with E-state index < -0.39 is 0 Å². The number of hydrogen-bond donors (Lipinski definition) is 0. The van der Waals surface area contributed by atoms with E-state index in [4.69, 9.17) is 0 Å². The molecule has 5 heteroatoms. The van der Waals surface area contributed by atoms with Crippen LogP contribution in [-0.4, -0.2) is 28.8 Å². The van der Waals surface area contributed by atoms with Crippen molar-refractivity contribution in [2.24, 2.45) is 5.41 Å². The fourth-order valence-corrected chi connectivity index (χ4v) is 3.82. The van der Waals surface area contributed by atoms with Crippen LogP contribution in [0.4, 0.5) is 5.82 Å². The van der Waals surface area contributed by atoms with Gasteiger partial charge in [0.2, 0.25) is 0 Å². The SMILES string of the molecule is CN(c1nc2sccn2c1C=O)C1CCC(C)(C)CC1. The minimum absolute atomic E-state index is 0.458. The second kappa shape index (κ2) is 4.88. The van der Waals surface area contributed by atoms with Gasteiger partial charge >= 0.3 is 0 Å². The van der Waals surface area contributed by atoms with Crippen LogP contribution in [0.15, 0.2) is 11.6 Å². The molecule has 0 aliphatic heterocycles. The average molecular weight is 291 g/mol. The van der Waals surface area contributed by atoms with Gasteiger partial charge in [-0.2, -0.15) is 0 Å². The molecular formula is C15H21N3OS. The molecule has 0 N–H and O–H groups in total. The summed E-state index contributed by atoms with van der Waals surface area (Å²) in [6.07, 6.45) is 7.66. The fraction of sp³-hybridized carbons (Fsp3) is 0.600. The van der Waals surface area contributed by atoms with E-state index in [1.54, 1.807) is 11.3 Å². The molecule has 4 nitrogen and oxygen atoms in total. The maximum Gasteiger partial charge on any atom is 0.196 e. The van der Waals surface area contributed by atoms with Gasteiger partial charge in [0.05, 0.1) is 0 Å². The predicted molar refractivity (Wildman–Crippen MR) is 82.9 cm³/mol. The highest BCUT2D eigenvalue weighted by atomic mass is 32.1. The zero-order valence-electron chi connectivity index (χ0n) is 12.3. The van der Waals surface area contributed by atoms with Gasteiger partial charge in [-0.05, 0) is 31.1 Å². The van der Waals surface area contributed by atoms with Gasteiger partial charge in [0.25, 0.3) is 0 Å². The molecule has 0 amide bonds. The number of fused-ring (bicyclic) bond motifs is 1. The summed E-state index contributed by atoms with van der Waals surface area (Å²) in [5.41, 5.74) is 1.13. The van der Waals surface area contributed by atoms with E-state index in [-0.39, 0.29) is 0 Å². The molecule has 0 aromatic carbocycles. The lowest BCUT2D eigenvalue weighted by Gasteiger charge is -2.38. The second-order valence-corrected chi connectivity index (χ2v) is 7.37. The van der Waals surface area contributed by atoms with Crippen LogP contribution in [0.3, 0.4) is 0 Å². The Labute approximate surface area is 123 Å². The molecular weight excluding hydrogens is 270 g/mol. The van der Waals surface area contributed by atoms with Gasteiger partial charge in [0.15, 0.2) is 17.1 Å². The van der Waals surface area contributed by atoms with E-state index in [1.165, 1.54) is 25.7 Å². The molecule has 1 aliphatic rings. The number of carbonyl (C=O) groups excluding carboxylic acids is 1. The quantitative estimate of drug-likeness (QED) is 0.811. The van der Waals surface area contributed by atoms with Crippen molar-refractivity contribution in [1.29, 1.82) is 0 Å².